The van der Waals surface area contributed by atoms with Crippen molar-refractivity contribution < 1.29 is 14.4 Å². The first kappa shape index (κ1) is 14.4. The predicted octanol–water partition coefficient (Wildman–Crippen LogP) is 3.43. The molecule has 20 heavy (non-hydrogen) atoms. The van der Waals surface area contributed by atoms with E-state index < -0.39 is 0 Å². The van der Waals surface area contributed by atoms with Crippen LogP contribution in [0.1, 0.15) is 19.3 Å². The Hall–Kier alpha value is -2.05. The fraction of sp³-hybridized carbons (Fsp3) is 0.0714. The summed E-state index contributed by atoms with van der Waals surface area (Å²) in [5.74, 6) is -0.683. The number of hydrogen-bond donors (Lipinski definition) is 0. The first-order valence-corrected chi connectivity index (χ1v) is 7.38. The highest BCUT2D eigenvalue weighted by Crippen LogP contribution is 2.18. The number of ketones is 2. The second-order valence-electron chi connectivity index (χ2n) is 3.71. The minimum Gasteiger partial charge on any atom is -0.399 e. The van der Waals surface area contributed by atoms with Crippen LogP contribution in [-0.2, 0) is 4.84 Å². The SMILES string of the molecule is C=C(C(=O)c1cccs1)/C(=N\OC)C(=O)c1cccs1. The maximum atomic E-state index is 12.3. The number of carbonyl (C=O) groups is 2. The van der Waals surface area contributed by atoms with E-state index in [1.807, 2.05) is 0 Å². The van der Waals surface area contributed by atoms with Crippen molar-refractivity contribution in [3.05, 3.63) is 56.9 Å². The molecule has 0 saturated carbocycles. The van der Waals surface area contributed by atoms with Crippen LogP contribution in [0.15, 0.2) is 52.3 Å². The average molecular weight is 305 g/mol. The second-order valence-corrected chi connectivity index (χ2v) is 5.61. The van der Waals surface area contributed by atoms with E-state index in [9.17, 15) is 9.59 Å². The van der Waals surface area contributed by atoms with Crippen LogP contribution >= 0.6 is 22.7 Å². The van der Waals surface area contributed by atoms with Gasteiger partial charge in [0.1, 0.15) is 7.11 Å². The van der Waals surface area contributed by atoms with Gasteiger partial charge >= 0.3 is 0 Å². The minimum atomic E-state index is -0.364. The Morgan fingerprint density at radius 2 is 1.65 bits per heavy atom. The molecule has 4 nitrogen and oxygen atoms in total. The van der Waals surface area contributed by atoms with Gasteiger partial charge in [0.15, 0.2) is 5.71 Å². The first-order valence-electron chi connectivity index (χ1n) is 5.62. The molecule has 0 spiro atoms. The summed E-state index contributed by atoms with van der Waals surface area (Å²) in [5, 5.41) is 7.23. The summed E-state index contributed by atoms with van der Waals surface area (Å²) < 4.78 is 0. The van der Waals surface area contributed by atoms with Crippen molar-refractivity contribution in [2.75, 3.05) is 7.11 Å². The second kappa shape index (κ2) is 6.40. The lowest BCUT2D eigenvalue weighted by atomic mass is 10.0. The molecule has 0 radical (unpaired) electrons. The zero-order valence-electron chi connectivity index (χ0n) is 10.7. The van der Waals surface area contributed by atoms with Gasteiger partial charge in [0, 0.05) is 5.57 Å². The van der Waals surface area contributed by atoms with E-state index >= 15 is 0 Å². The van der Waals surface area contributed by atoms with Gasteiger partial charge in [-0.25, -0.2) is 0 Å². The minimum absolute atomic E-state index is 0.0349. The number of thiophene rings is 2. The molecule has 2 aromatic rings. The zero-order valence-corrected chi connectivity index (χ0v) is 12.3. The highest BCUT2D eigenvalue weighted by atomic mass is 32.1. The number of rotatable bonds is 6. The van der Waals surface area contributed by atoms with E-state index in [0.717, 1.165) is 0 Å². The van der Waals surface area contributed by atoms with Crippen molar-refractivity contribution in [3.63, 3.8) is 0 Å². The molecule has 2 heterocycles. The summed E-state index contributed by atoms with van der Waals surface area (Å²) >= 11 is 2.57. The van der Waals surface area contributed by atoms with Gasteiger partial charge in [-0.1, -0.05) is 23.9 Å². The number of Topliss-reactive ketones (excluding diaryl/α,β-unsaturated/α-hetero) is 2. The van der Waals surface area contributed by atoms with E-state index in [2.05, 4.69) is 16.6 Å². The van der Waals surface area contributed by atoms with E-state index in [4.69, 9.17) is 0 Å². The molecule has 0 bridgehead atoms. The predicted molar refractivity (Wildman–Crippen MR) is 80.9 cm³/mol. The van der Waals surface area contributed by atoms with Crippen molar-refractivity contribution in [2.45, 2.75) is 0 Å². The Kier molecular flexibility index (Phi) is 4.60. The summed E-state index contributed by atoms with van der Waals surface area (Å²) in [6.07, 6.45) is 0. The standard InChI is InChI=1S/C14H11NO3S2/c1-9(13(16)10-5-3-7-19-10)12(15-18-2)14(17)11-6-4-8-20-11/h3-8H,1H2,2H3/b15-12+. The number of carbonyl (C=O) groups excluding carboxylic acids is 2. The summed E-state index contributed by atoms with van der Waals surface area (Å²) in [6, 6.07) is 6.87. The molecule has 0 unspecified atom stereocenters. The molecule has 102 valence electrons. The third-order valence-electron chi connectivity index (χ3n) is 2.45. The van der Waals surface area contributed by atoms with Crippen LogP contribution in [0.3, 0.4) is 0 Å². The van der Waals surface area contributed by atoms with Crippen LogP contribution in [-0.4, -0.2) is 24.4 Å². The van der Waals surface area contributed by atoms with Gasteiger partial charge in [-0.05, 0) is 22.9 Å². The molecule has 0 atom stereocenters. The molecule has 0 saturated heterocycles. The van der Waals surface area contributed by atoms with Crippen LogP contribution in [0, 0.1) is 0 Å². The molecule has 0 N–H and O–H groups in total. The number of oxime groups is 1. The Balaban J connectivity index is 2.30. The maximum Gasteiger partial charge on any atom is 0.225 e. The van der Waals surface area contributed by atoms with Gasteiger partial charge in [0.2, 0.25) is 11.6 Å². The van der Waals surface area contributed by atoms with E-state index in [0.29, 0.717) is 9.75 Å². The quantitative estimate of drug-likeness (QED) is 0.355. The molecule has 0 aliphatic heterocycles. The zero-order chi connectivity index (χ0) is 14.5. The van der Waals surface area contributed by atoms with Crippen molar-refractivity contribution in [3.8, 4) is 0 Å². The van der Waals surface area contributed by atoms with Crippen molar-refractivity contribution >= 4 is 40.0 Å². The summed E-state index contributed by atoms with van der Waals surface area (Å²) in [6.45, 7) is 3.69. The number of allylic oxidation sites excluding steroid dienone is 1. The summed E-state index contributed by atoms with van der Waals surface area (Å²) in [4.78, 5) is 30.2. The van der Waals surface area contributed by atoms with Crippen LogP contribution in [0.5, 0.6) is 0 Å². The van der Waals surface area contributed by atoms with Crippen LogP contribution in [0.25, 0.3) is 0 Å². The number of nitrogens with zero attached hydrogens (tertiary/aromatic N) is 1. The van der Waals surface area contributed by atoms with Gasteiger partial charge in [-0.3, -0.25) is 9.59 Å². The largest absolute Gasteiger partial charge is 0.399 e. The smallest absolute Gasteiger partial charge is 0.225 e. The Morgan fingerprint density at radius 3 is 2.10 bits per heavy atom. The molecule has 0 aliphatic carbocycles. The van der Waals surface area contributed by atoms with Gasteiger partial charge in [0.05, 0.1) is 9.75 Å². The van der Waals surface area contributed by atoms with Crippen molar-refractivity contribution in [1.29, 1.82) is 0 Å². The lowest BCUT2D eigenvalue weighted by Crippen LogP contribution is -2.21. The maximum absolute atomic E-state index is 12.3. The normalized spacial score (nSPS) is 11.2. The fourth-order valence-corrected chi connectivity index (χ4v) is 2.87. The van der Waals surface area contributed by atoms with Crippen LogP contribution < -0.4 is 0 Å². The Labute approximate surface area is 124 Å². The van der Waals surface area contributed by atoms with Crippen molar-refractivity contribution in [2.24, 2.45) is 5.16 Å². The first-order chi connectivity index (χ1) is 9.65. The molecule has 0 aromatic carbocycles. The Bertz CT molecular complexity index is 655. The lowest BCUT2D eigenvalue weighted by Gasteiger charge is -2.05. The molecule has 6 heteroatoms. The third-order valence-corrected chi connectivity index (χ3v) is 4.18. The van der Waals surface area contributed by atoms with Gasteiger partial charge in [-0.15, -0.1) is 22.7 Å². The molecule has 0 fully saturated rings. The third kappa shape index (κ3) is 2.92. The molecule has 2 rings (SSSR count). The molecule has 2 aromatic heterocycles. The summed E-state index contributed by atoms with van der Waals surface area (Å²) in [5.41, 5.74) is -0.0268. The van der Waals surface area contributed by atoms with Crippen LogP contribution in [0.4, 0.5) is 0 Å². The topological polar surface area (TPSA) is 55.7 Å². The fourth-order valence-electron chi connectivity index (χ4n) is 1.51. The van der Waals surface area contributed by atoms with E-state index in [1.165, 1.54) is 29.8 Å². The monoisotopic (exact) mass is 305 g/mol. The molecule has 0 aliphatic rings. The number of hydrogen-bond acceptors (Lipinski definition) is 6. The van der Waals surface area contributed by atoms with Gasteiger partial charge < -0.3 is 4.84 Å². The highest BCUT2D eigenvalue weighted by Gasteiger charge is 2.25. The van der Waals surface area contributed by atoms with Gasteiger partial charge in [-0.2, -0.15) is 0 Å². The summed E-state index contributed by atoms with van der Waals surface area (Å²) in [7, 11) is 1.32. The van der Waals surface area contributed by atoms with Crippen LogP contribution in [0.2, 0.25) is 0 Å². The highest BCUT2D eigenvalue weighted by molar-refractivity contribution is 7.13. The lowest BCUT2D eigenvalue weighted by molar-refractivity contribution is 0.102. The Morgan fingerprint density at radius 1 is 1.10 bits per heavy atom. The molecule has 0 amide bonds. The van der Waals surface area contributed by atoms with Gasteiger partial charge in [0.25, 0.3) is 0 Å². The van der Waals surface area contributed by atoms with Crippen molar-refractivity contribution in [1.82, 2.24) is 0 Å². The van der Waals surface area contributed by atoms with E-state index in [1.54, 1.807) is 35.0 Å². The molecular formula is C14H11NO3S2. The average Bonchev–Trinajstić information content (AvgIpc) is 3.14. The molecular weight excluding hydrogens is 294 g/mol. The van der Waals surface area contributed by atoms with E-state index in [-0.39, 0.29) is 22.9 Å².